The number of fused-ring (bicyclic) bond motifs is 1. The van der Waals surface area contributed by atoms with Gasteiger partial charge >= 0.3 is 0 Å². The summed E-state index contributed by atoms with van der Waals surface area (Å²) in [6.45, 7) is 1.31. The molecule has 26 heavy (non-hydrogen) atoms. The number of carbonyl (C=O) groups is 1. The number of H-pyrrole nitrogens is 2. The molecule has 0 saturated carbocycles. The summed E-state index contributed by atoms with van der Waals surface area (Å²) in [5, 5.41) is 8.18. The summed E-state index contributed by atoms with van der Waals surface area (Å²) < 4.78 is 14.4. The SMILES string of the molecule is CC(=O)NOc1cccc(F)c1-c1cc(-c2c[nH]c3ccccc23)n[nH]1. The number of nitrogens with zero attached hydrogens (tertiary/aromatic N) is 1. The number of aromatic amines is 2. The molecule has 0 unspecified atom stereocenters. The van der Waals surface area contributed by atoms with E-state index in [9.17, 15) is 9.18 Å². The van der Waals surface area contributed by atoms with Crippen molar-refractivity contribution in [3.63, 3.8) is 0 Å². The molecule has 4 rings (SSSR count). The summed E-state index contributed by atoms with van der Waals surface area (Å²) in [4.78, 5) is 19.5. The minimum Gasteiger partial charge on any atom is -0.379 e. The van der Waals surface area contributed by atoms with Crippen molar-refractivity contribution in [2.75, 3.05) is 0 Å². The van der Waals surface area contributed by atoms with Gasteiger partial charge < -0.3 is 9.82 Å². The molecule has 2 heterocycles. The van der Waals surface area contributed by atoms with Gasteiger partial charge in [-0.3, -0.25) is 9.89 Å². The average Bonchev–Trinajstić information content (AvgIpc) is 3.26. The zero-order chi connectivity index (χ0) is 18.1. The molecule has 2 aromatic heterocycles. The molecule has 0 aliphatic rings. The highest BCUT2D eigenvalue weighted by Gasteiger charge is 2.17. The van der Waals surface area contributed by atoms with Crippen LogP contribution in [0, 0.1) is 5.82 Å². The van der Waals surface area contributed by atoms with E-state index in [1.165, 1.54) is 19.1 Å². The van der Waals surface area contributed by atoms with Crippen molar-refractivity contribution in [2.45, 2.75) is 6.92 Å². The fourth-order valence-corrected chi connectivity index (χ4v) is 2.85. The molecule has 3 N–H and O–H groups in total. The molecule has 130 valence electrons. The summed E-state index contributed by atoms with van der Waals surface area (Å²) in [6, 6.07) is 14.0. The Balaban J connectivity index is 1.76. The van der Waals surface area contributed by atoms with E-state index < -0.39 is 5.82 Å². The van der Waals surface area contributed by atoms with Gasteiger partial charge in [-0.15, -0.1) is 0 Å². The van der Waals surface area contributed by atoms with Crippen LogP contribution in [-0.2, 0) is 4.79 Å². The third-order valence-electron chi connectivity index (χ3n) is 3.99. The maximum absolute atomic E-state index is 14.4. The lowest BCUT2D eigenvalue weighted by molar-refractivity contribution is -0.125. The monoisotopic (exact) mass is 350 g/mol. The molecule has 0 radical (unpaired) electrons. The van der Waals surface area contributed by atoms with Gasteiger partial charge in [0.05, 0.1) is 17.0 Å². The lowest BCUT2D eigenvalue weighted by Gasteiger charge is -2.09. The van der Waals surface area contributed by atoms with Crippen LogP contribution in [0.15, 0.2) is 54.7 Å². The number of para-hydroxylation sites is 1. The molecule has 2 aromatic carbocycles. The minimum atomic E-state index is -0.484. The van der Waals surface area contributed by atoms with Gasteiger partial charge in [0.1, 0.15) is 5.82 Å². The van der Waals surface area contributed by atoms with Crippen molar-refractivity contribution >= 4 is 16.8 Å². The predicted octanol–water partition coefficient (Wildman–Crippen LogP) is 3.79. The lowest BCUT2D eigenvalue weighted by Crippen LogP contribution is -2.24. The van der Waals surface area contributed by atoms with Gasteiger partial charge in [-0.1, -0.05) is 24.3 Å². The second kappa shape index (κ2) is 6.36. The van der Waals surface area contributed by atoms with E-state index in [0.717, 1.165) is 16.5 Å². The second-order valence-corrected chi connectivity index (χ2v) is 5.79. The highest BCUT2D eigenvalue weighted by atomic mass is 19.1. The fourth-order valence-electron chi connectivity index (χ4n) is 2.85. The van der Waals surface area contributed by atoms with Crippen LogP contribution >= 0.6 is 0 Å². The van der Waals surface area contributed by atoms with E-state index in [-0.39, 0.29) is 17.2 Å². The molecular weight excluding hydrogens is 335 g/mol. The summed E-state index contributed by atoms with van der Waals surface area (Å²) in [6.07, 6.45) is 1.86. The van der Waals surface area contributed by atoms with Gasteiger partial charge in [0.25, 0.3) is 0 Å². The third-order valence-corrected chi connectivity index (χ3v) is 3.99. The van der Waals surface area contributed by atoms with Crippen molar-refractivity contribution in [1.82, 2.24) is 20.7 Å². The number of nitrogens with one attached hydrogen (secondary N) is 3. The first-order valence-electron chi connectivity index (χ1n) is 7.97. The van der Waals surface area contributed by atoms with Crippen LogP contribution in [0.5, 0.6) is 5.75 Å². The molecular formula is C19H15FN4O2. The third kappa shape index (κ3) is 2.79. The van der Waals surface area contributed by atoms with Gasteiger partial charge in [0.15, 0.2) is 5.75 Å². The van der Waals surface area contributed by atoms with Crippen molar-refractivity contribution in [1.29, 1.82) is 0 Å². The van der Waals surface area contributed by atoms with Crippen LogP contribution in [-0.4, -0.2) is 21.1 Å². The van der Waals surface area contributed by atoms with Crippen LogP contribution in [0.4, 0.5) is 4.39 Å². The summed E-state index contributed by atoms with van der Waals surface area (Å²) in [5.74, 6) is -0.680. The fraction of sp³-hybridized carbons (Fsp3) is 0.0526. The number of hydroxylamine groups is 1. The Morgan fingerprint density at radius 1 is 1.19 bits per heavy atom. The van der Waals surface area contributed by atoms with E-state index in [0.29, 0.717) is 11.4 Å². The Bertz CT molecular complexity index is 1100. The Hall–Kier alpha value is -3.61. The standard InChI is InChI=1S/C19H15FN4O2/c1-11(25)24-26-18-8-4-6-14(20)19(18)17-9-16(22-23-17)13-10-21-15-7-3-2-5-12(13)15/h2-10,21H,1H3,(H,22,23)(H,24,25). The number of aromatic nitrogens is 3. The van der Waals surface area contributed by atoms with Crippen molar-refractivity contribution in [3.8, 4) is 28.3 Å². The molecule has 0 aliphatic carbocycles. The van der Waals surface area contributed by atoms with Crippen LogP contribution in [0.2, 0.25) is 0 Å². The molecule has 0 aliphatic heterocycles. The Morgan fingerprint density at radius 3 is 2.88 bits per heavy atom. The van der Waals surface area contributed by atoms with Crippen LogP contribution in [0.1, 0.15) is 6.92 Å². The highest BCUT2D eigenvalue weighted by molar-refractivity contribution is 5.95. The number of amides is 1. The molecule has 0 saturated heterocycles. The molecule has 4 aromatic rings. The van der Waals surface area contributed by atoms with Crippen LogP contribution < -0.4 is 10.3 Å². The number of rotatable bonds is 4. The quantitative estimate of drug-likeness (QED) is 0.490. The van der Waals surface area contributed by atoms with Crippen LogP contribution in [0.3, 0.4) is 0 Å². The first kappa shape index (κ1) is 15.9. The topological polar surface area (TPSA) is 82.8 Å². The lowest BCUT2D eigenvalue weighted by atomic mass is 10.1. The second-order valence-electron chi connectivity index (χ2n) is 5.79. The summed E-state index contributed by atoms with van der Waals surface area (Å²) in [5.41, 5.74) is 5.43. The van der Waals surface area contributed by atoms with E-state index in [1.54, 1.807) is 12.1 Å². The largest absolute Gasteiger partial charge is 0.379 e. The van der Waals surface area contributed by atoms with Gasteiger partial charge in [0.2, 0.25) is 5.91 Å². The van der Waals surface area contributed by atoms with E-state index in [1.807, 2.05) is 30.5 Å². The number of hydrogen-bond donors (Lipinski definition) is 3. The average molecular weight is 350 g/mol. The van der Waals surface area contributed by atoms with Gasteiger partial charge in [-0.05, 0) is 24.3 Å². The zero-order valence-corrected chi connectivity index (χ0v) is 13.8. The van der Waals surface area contributed by atoms with E-state index in [4.69, 9.17) is 4.84 Å². The minimum absolute atomic E-state index is 0.189. The van der Waals surface area contributed by atoms with Crippen molar-refractivity contribution in [2.24, 2.45) is 0 Å². The van der Waals surface area contributed by atoms with Crippen molar-refractivity contribution < 1.29 is 14.0 Å². The molecule has 0 atom stereocenters. The number of benzene rings is 2. The first-order valence-corrected chi connectivity index (χ1v) is 7.97. The van der Waals surface area contributed by atoms with E-state index in [2.05, 4.69) is 20.7 Å². The molecule has 1 amide bonds. The molecule has 0 fully saturated rings. The van der Waals surface area contributed by atoms with Gasteiger partial charge in [-0.2, -0.15) is 10.6 Å². The molecule has 7 heteroatoms. The highest BCUT2D eigenvalue weighted by Crippen LogP contribution is 2.34. The van der Waals surface area contributed by atoms with E-state index >= 15 is 0 Å². The smallest absolute Gasteiger partial charge is 0.249 e. The van der Waals surface area contributed by atoms with Gasteiger partial charge in [0, 0.05) is 29.6 Å². The number of hydrogen-bond acceptors (Lipinski definition) is 3. The number of carbonyl (C=O) groups excluding carboxylic acids is 1. The Kier molecular flexibility index (Phi) is 3.89. The maximum Gasteiger partial charge on any atom is 0.249 e. The molecule has 0 spiro atoms. The normalized spacial score (nSPS) is 10.8. The maximum atomic E-state index is 14.4. The predicted molar refractivity (Wildman–Crippen MR) is 95.7 cm³/mol. The summed E-state index contributed by atoms with van der Waals surface area (Å²) in [7, 11) is 0. The summed E-state index contributed by atoms with van der Waals surface area (Å²) >= 11 is 0. The van der Waals surface area contributed by atoms with Gasteiger partial charge in [-0.25, -0.2) is 4.39 Å². The molecule has 6 nitrogen and oxygen atoms in total. The molecule has 0 bridgehead atoms. The Labute approximate surface area is 148 Å². The zero-order valence-electron chi connectivity index (χ0n) is 13.8. The van der Waals surface area contributed by atoms with Crippen LogP contribution in [0.25, 0.3) is 33.4 Å². The first-order chi connectivity index (χ1) is 12.6. The Morgan fingerprint density at radius 2 is 2.04 bits per heavy atom. The number of halogens is 1. The van der Waals surface area contributed by atoms with Crippen molar-refractivity contribution in [3.05, 3.63) is 60.5 Å².